The second-order valence-corrected chi connectivity index (χ2v) is 5.23. The predicted octanol–water partition coefficient (Wildman–Crippen LogP) is 3.13. The zero-order valence-electron chi connectivity index (χ0n) is 7.22. The van der Waals surface area contributed by atoms with Crippen molar-refractivity contribution in [3.05, 3.63) is 15.0 Å². The summed E-state index contributed by atoms with van der Waals surface area (Å²) in [7, 11) is 0. The van der Waals surface area contributed by atoms with Crippen molar-refractivity contribution in [3.63, 3.8) is 0 Å². The first-order valence-electron chi connectivity index (χ1n) is 3.57. The summed E-state index contributed by atoms with van der Waals surface area (Å²) >= 11 is 4.59. The van der Waals surface area contributed by atoms with Gasteiger partial charge in [0.25, 0.3) is 0 Å². The molecular weight excluding hydrogens is 238 g/mol. The van der Waals surface area contributed by atoms with Crippen molar-refractivity contribution in [1.29, 1.82) is 0 Å². The van der Waals surface area contributed by atoms with Crippen LogP contribution in [0.5, 0.6) is 0 Å². The van der Waals surface area contributed by atoms with Gasteiger partial charge in [-0.25, -0.2) is 4.98 Å². The molecule has 0 amide bonds. The number of carbonyl (C=O) groups is 1. The van der Waals surface area contributed by atoms with Crippen LogP contribution in [0.25, 0.3) is 0 Å². The number of halogens is 1. The highest BCUT2D eigenvalue weighted by Crippen LogP contribution is 2.24. The molecule has 1 aromatic heterocycles. The van der Waals surface area contributed by atoms with E-state index in [2.05, 4.69) is 20.9 Å². The van der Waals surface area contributed by atoms with E-state index in [1.807, 2.05) is 26.2 Å². The Bertz CT molecular complexity index is 300. The molecule has 0 atom stereocenters. The smallest absolute Gasteiger partial charge is 0.196 e. The van der Waals surface area contributed by atoms with E-state index < -0.39 is 0 Å². The molecule has 0 saturated heterocycles. The summed E-state index contributed by atoms with van der Waals surface area (Å²) in [4.78, 5) is 15.7. The Hall–Kier alpha value is -0.220. The van der Waals surface area contributed by atoms with Crippen molar-refractivity contribution in [3.8, 4) is 0 Å². The quantitative estimate of drug-likeness (QED) is 0.714. The normalized spacial score (nSPS) is 11.7. The Morgan fingerprint density at radius 3 is 2.50 bits per heavy atom. The molecule has 0 aromatic carbocycles. The van der Waals surface area contributed by atoms with Gasteiger partial charge in [0, 0.05) is 10.8 Å². The fraction of sp³-hybridized carbons (Fsp3) is 0.500. The van der Waals surface area contributed by atoms with Crippen LogP contribution >= 0.6 is 27.3 Å². The maximum Gasteiger partial charge on any atom is 0.196 e. The number of Topliss-reactive ketones (excluding diaryl/α,β-unsaturated/α-hetero) is 1. The number of thiazole rings is 1. The summed E-state index contributed by atoms with van der Waals surface area (Å²) < 4.78 is 0.736. The van der Waals surface area contributed by atoms with Gasteiger partial charge in [-0.05, 0) is 15.9 Å². The van der Waals surface area contributed by atoms with E-state index in [0.29, 0.717) is 5.01 Å². The maximum absolute atomic E-state index is 11.6. The SMILES string of the molecule is CC(C)(C)C(=O)c1nc(Br)cs1. The van der Waals surface area contributed by atoms with E-state index in [1.54, 1.807) is 0 Å². The number of ketones is 1. The molecule has 0 saturated carbocycles. The summed E-state index contributed by atoms with van der Waals surface area (Å²) in [6, 6.07) is 0. The van der Waals surface area contributed by atoms with Crippen LogP contribution < -0.4 is 0 Å². The van der Waals surface area contributed by atoms with Crippen LogP contribution in [0.4, 0.5) is 0 Å². The molecule has 0 fully saturated rings. The Kier molecular flexibility index (Phi) is 2.68. The van der Waals surface area contributed by atoms with Crippen LogP contribution in [0.15, 0.2) is 9.98 Å². The van der Waals surface area contributed by atoms with Gasteiger partial charge in [-0.2, -0.15) is 0 Å². The van der Waals surface area contributed by atoms with Gasteiger partial charge in [0.1, 0.15) is 4.60 Å². The second kappa shape index (κ2) is 3.26. The van der Waals surface area contributed by atoms with Crippen molar-refractivity contribution in [2.24, 2.45) is 5.41 Å². The highest BCUT2D eigenvalue weighted by Gasteiger charge is 2.25. The third-order valence-electron chi connectivity index (χ3n) is 1.35. The first-order chi connectivity index (χ1) is 5.41. The molecule has 12 heavy (non-hydrogen) atoms. The lowest BCUT2D eigenvalue weighted by Gasteiger charge is -2.13. The van der Waals surface area contributed by atoms with Crippen molar-refractivity contribution in [2.45, 2.75) is 20.8 Å². The fourth-order valence-corrected chi connectivity index (χ4v) is 2.08. The second-order valence-electron chi connectivity index (χ2n) is 3.55. The molecule has 0 unspecified atom stereocenters. The minimum Gasteiger partial charge on any atom is -0.291 e. The molecule has 0 aliphatic heterocycles. The average molecular weight is 248 g/mol. The van der Waals surface area contributed by atoms with Gasteiger partial charge < -0.3 is 0 Å². The van der Waals surface area contributed by atoms with Crippen molar-refractivity contribution in [2.75, 3.05) is 0 Å². The van der Waals surface area contributed by atoms with Crippen LogP contribution in [0.1, 0.15) is 30.6 Å². The monoisotopic (exact) mass is 247 g/mol. The average Bonchev–Trinajstić information content (AvgIpc) is 2.32. The number of rotatable bonds is 1. The minimum atomic E-state index is -0.336. The van der Waals surface area contributed by atoms with Gasteiger partial charge in [-0.3, -0.25) is 4.79 Å². The number of carbonyl (C=O) groups excluding carboxylic acids is 1. The molecule has 66 valence electrons. The summed E-state index contributed by atoms with van der Waals surface area (Å²) in [5, 5.41) is 2.40. The molecule has 0 bridgehead atoms. The molecule has 2 nitrogen and oxygen atoms in total. The maximum atomic E-state index is 11.6. The predicted molar refractivity (Wildman–Crippen MR) is 53.6 cm³/mol. The molecular formula is C8H10BrNOS. The Labute approximate surface area is 84.1 Å². The van der Waals surface area contributed by atoms with Crippen molar-refractivity contribution < 1.29 is 4.79 Å². The molecule has 1 rings (SSSR count). The topological polar surface area (TPSA) is 30.0 Å². The number of nitrogens with zero attached hydrogens (tertiary/aromatic N) is 1. The van der Waals surface area contributed by atoms with E-state index in [4.69, 9.17) is 0 Å². The standard InChI is InChI=1S/C8H10BrNOS/c1-8(2,3)6(11)7-10-5(9)4-12-7/h4H,1-3H3. The van der Waals surface area contributed by atoms with Crippen LogP contribution in [0.3, 0.4) is 0 Å². The van der Waals surface area contributed by atoms with Gasteiger partial charge in [0.15, 0.2) is 10.8 Å². The Morgan fingerprint density at radius 2 is 2.17 bits per heavy atom. The summed E-state index contributed by atoms with van der Waals surface area (Å²) in [6.07, 6.45) is 0. The molecule has 0 N–H and O–H groups in total. The molecule has 0 aliphatic rings. The third-order valence-corrected chi connectivity index (χ3v) is 2.90. The van der Waals surface area contributed by atoms with E-state index in [0.717, 1.165) is 4.60 Å². The van der Waals surface area contributed by atoms with Crippen LogP contribution in [-0.2, 0) is 0 Å². The zero-order valence-corrected chi connectivity index (χ0v) is 9.62. The van der Waals surface area contributed by atoms with Gasteiger partial charge in [-0.15, -0.1) is 11.3 Å². The lowest BCUT2D eigenvalue weighted by Crippen LogP contribution is -2.19. The minimum absolute atomic E-state index is 0.0956. The Balaban J connectivity index is 2.93. The van der Waals surface area contributed by atoms with Crippen LogP contribution in [-0.4, -0.2) is 10.8 Å². The molecule has 1 aromatic rings. The molecule has 0 spiro atoms. The van der Waals surface area contributed by atoms with Crippen molar-refractivity contribution in [1.82, 2.24) is 4.98 Å². The summed E-state index contributed by atoms with van der Waals surface area (Å²) in [5.74, 6) is 0.0956. The lowest BCUT2D eigenvalue weighted by molar-refractivity contribution is 0.0858. The van der Waals surface area contributed by atoms with Crippen LogP contribution in [0.2, 0.25) is 0 Å². The van der Waals surface area contributed by atoms with Gasteiger partial charge in [-0.1, -0.05) is 20.8 Å². The first kappa shape index (κ1) is 9.86. The number of hydrogen-bond donors (Lipinski definition) is 0. The molecule has 0 radical (unpaired) electrons. The van der Waals surface area contributed by atoms with Gasteiger partial charge in [0.2, 0.25) is 0 Å². The van der Waals surface area contributed by atoms with E-state index in [1.165, 1.54) is 11.3 Å². The van der Waals surface area contributed by atoms with Gasteiger partial charge in [0.05, 0.1) is 0 Å². The Morgan fingerprint density at radius 1 is 1.58 bits per heavy atom. The highest BCUT2D eigenvalue weighted by atomic mass is 79.9. The fourth-order valence-electron chi connectivity index (χ4n) is 0.679. The zero-order chi connectivity index (χ0) is 9.35. The largest absolute Gasteiger partial charge is 0.291 e. The highest BCUT2D eigenvalue weighted by molar-refractivity contribution is 9.10. The van der Waals surface area contributed by atoms with E-state index in [-0.39, 0.29) is 11.2 Å². The molecule has 1 heterocycles. The van der Waals surface area contributed by atoms with E-state index >= 15 is 0 Å². The third kappa shape index (κ3) is 2.14. The van der Waals surface area contributed by atoms with E-state index in [9.17, 15) is 4.79 Å². The summed E-state index contributed by atoms with van der Waals surface area (Å²) in [6.45, 7) is 5.68. The number of hydrogen-bond acceptors (Lipinski definition) is 3. The van der Waals surface area contributed by atoms with Crippen LogP contribution in [0, 0.1) is 5.41 Å². The lowest BCUT2D eigenvalue weighted by atomic mass is 9.91. The molecule has 4 heteroatoms. The molecule has 0 aliphatic carbocycles. The van der Waals surface area contributed by atoms with Gasteiger partial charge >= 0.3 is 0 Å². The first-order valence-corrected chi connectivity index (χ1v) is 5.24. The summed E-state index contributed by atoms with van der Waals surface area (Å²) in [5.41, 5.74) is -0.336. The van der Waals surface area contributed by atoms with Crippen molar-refractivity contribution >= 4 is 33.0 Å². The number of aromatic nitrogens is 1.